The van der Waals surface area contributed by atoms with Crippen molar-refractivity contribution in [1.82, 2.24) is 10.2 Å². The van der Waals surface area contributed by atoms with Crippen molar-refractivity contribution < 1.29 is 4.74 Å². The summed E-state index contributed by atoms with van der Waals surface area (Å²) in [4.78, 5) is 11.9. The van der Waals surface area contributed by atoms with Gasteiger partial charge in [-0.1, -0.05) is 29.8 Å². The highest BCUT2D eigenvalue weighted by molar-refractivity contribution is 6.29. The first kappa shape index (κ1) is 12.9. The Balaban J connectivity index is 1.77. The van der Waals surface area contributed by atoms with Crippen molar-refractivity contribution in [2.45, 2.75) is 37.5 Å². The summed E-state index contributed by atoms with van der Waals surface area (Å²) >= 11 is 5.73. The minimum absolute atomic E-state index is 0.0643. The van der Waals surface area contributed by atoms with Gasteiger partial charge in [-0.15, -0.1) is 5.10 Å². The van der Waals surface area contributed by atoms with Crippen molar-refractivity contribution in [1.29, 1.82) is 0 Å². The highest BCUT2D eigenvalue weighted by atomic mass is 35.5. The minimum Gasteiger partial charge on any atom is -0.434 e. The molecule has 1 heterocycles. The van der Waals surface area contributed by atoms with Crippen molar-refractivity contribution >= 4 is 11.6 Å². The molecule has 0 radical (unpaired) electrons. The maximum atomic E-state index is 11.9. The summed E-state index contributed by atoms with van der Waals surface area (Å²) in [6, 6.07) is 7.58. The van der Waals surface area contributed by atoms with Crippen LogP contribution in [0.5, 0.6) is 11.6 Å². The second-order valence-electron chi connectivity index (χ2n) is 5.80. The van der Waals surface area contributed by atoms with E-state index in [0.717, 1.165) is 5.75 Å². The molecule has 0 unspecified atom stereocenters. The third-order valence-electron chi connectivity index (χ3n) is 4.04. The van der Waals surface area contributed by atoms with Crippen LogP contribution in [0.25, 0.3) is 0 Å². The fourth-order valence-corrected chi connectivity index (χ4v) is 2.80. The molecule has 0 saturated heterocycles. The number of rotatable bonds is 4. The summed E-state index contributed by atoms with van der Waals surface area (Å²) in [6.07, 6.45) is 4.76. The van der Waals surface area contributed by atoms with Crippen LogP contribution in [0.1, 0.15) is 48.6 Å². The van der Waals surface area contributed by atoms with Crippen LogP contribution in [0.2, 0.25) is 5.15 Å². The fraction of sp³-hybridized carbons (Fsp3) is 0.375. The Hall–Kier alpha value is -1.81. The third-order valence-corrected chi connectivity index (χ3v) is 4.24. The van der Waals surface area contributed by atoms with E-state index in [1.54, 1.807) is 0 Å². The molecule has 2 aliphatic carbocycles. The van der Waals surface area contributed by atoms with Crippen molar-refractivity contribution in [3.05, 3.63) is 50.8 Å². The summed E-state index contributed by atoms with van der Waals surface area (Å²) in [7, 11) is 0. The lowest BCUT2D eigenvalue weighted by Gasteiger charge is -2.14. The van der Waals surface area contributed by atoms with Crippen LogP contribution in [0.15, 0.2) is 29.1 Å². The number of para-hydroxylation sites is 1. The Morgan fingerprint density at radius 1 is 1.14 bits per heavy atom. The van der Waals surface area contributed by atoms with Gasteiger partial charge in [0.25, 0.3) is 5.88 Å². The lowest BCUT2D eigenvalue weighted by molar-refractivity contribution is 0.439. The summed E-state index contributed by atoms with van der Waals surface area (Å²) < 4.78 is 5.92. The second kappa shape index (κ2) is 4.88. The standard InChI is InChI=1S/C16H15ClN2O2/c17-14-8-13(20)16(19-18-14)21-15-11(9-4-5-9)2-1-3-12(15)10-6-7-10/h1-3,8-10H,4-7H2,(H,18,20). The molecule has 2 aromatic rings. The molecule has 108 valence electrons. The lowest BCUT2D eigenvalue weighted by Crippen LogP contribution is -2.09. The smallest absolute Gasteiger partial charge is 0.285 e. The zero-order chi connectivity index (χ0) is 14.4. The van der Waals surface area contributed by atoms with Crippen LogP contribution >= 0.6 is 11.6 Å². The number of ether oxygens (including phenoxy) is 1. The molecule has 2 aliphatic rings. The molecule has 1 N–H and O–H groups in total. The van der Waals surface area contributed by atoms with Crippen molar-refractivity contribution in [2.24, 2.45) is 0 Å². The average molecular weight is 303 g/mol. The van der Waals surface area contributed by atoms with Gasteiger partial charge >= 0.3 is 0 Å². The number of hydrogen-bond donors (Lipinski definition) is 1. The molecule has 2 saturated carbocycles. The van der Waals surface area contributed by atoms with E-state index < -0.39 is 0 Å². The van der Waals surface area contributed by atoms with E-state index in [4.69, 9.17) is 16.3 Å². The maximum Gasteiger partial charge on any atom is 0.285 e. The zero-order valence-corrected chi connectivity index (χ0v) is 12.2. The van der Waals surface area contributed by atoms with Crippen molar-refractivity contribution in [3.63, 3.8) is 0 Å². The monoisotopic (exact) mass is 302 g/mol. The van der Waals surface area contributed by atoms with Gasteiger partial charge in [-0.3, -0.25) is 9.89 Å². The van der Waals surface area contributed by atoms with Crippen LogP contribution in [0.3, 0.4) is 0 Å². The van der Waals surface area contributed by atoms with Crippen LogP contribution in [0, 0.1) is 0 Å². The van der Waals surface area contributed by atoms with Gasteiger partial charge in [0, 0.05) is 6.07 Å². The van der Waals surface area contributed by atoms with Gasteiger partial charge in [0.2, 0.25) is 5.43 Å². The Morgan fingerprint density at radius 2 is 1.76 bits per heavy atom. The minimum atomic E-state index is -0.300. The van der Waals surface area contributed by atoms with E-state index in [0.29, 0.717) is 11.8 Å². The highest BCUT2D eigenvalue weighted by Crippen LogP contribution is 2.51. The van der Waals surface area contributed by atoms with Crippen molar-refractivity contribution in [3.8, 4) is 11.6 Å². The van der Waals surface area contributed by atoms with Gasteiger partial charge in [0.1, 0.15) is 10.9 Å². The van der Waals surface area contributed by atoms with Gasteiger partial charge in [0.15, 0.2) is 0 Å². The first-order chi connectivity index (χ1) is 10.2. The largest absolute Gasteiger partial charge is 0.434 e. The highest BCUT2D eigenvalue weighted by Gasteiger charge is 2.33. The van der Waals surface area contributed by atoms with Crippen LogP contribution < -0.4 is 10.2 Å². The molecule has 21 heavy (non-hydrogen) atoms. The van der Waals surface area contributed by atoms with E-state index in [-0.39, 0.29) is 16.5 Å². The van der Waals surface area contributed by atoms with Crippen molar-refractivity contribution in [2.75, 3.05) is 0 Å². The molecule has 5 heteroatoms. The molecule has 0 spiro atoms. The van der Waals surface area contributed by atoms with E-state index >= 15 is 0 Å². The quantitative estimate of drug-likeness (QED) is 0.929. The number of H-pyrrole nitrogens is 1. The molecule has 2 fully saturated rings. The molecular weight excluding hydrogens is 288 g/mol. The maximum absolute atomic E-state index is 11.9. The van der Waals surface area contributed by atoms with Gasteiger partial charge < -0.3 is 4.74 Å². The van der Waals surface area contributed by atoms with Crippen LogP contribution in [-0.2, 0) is 0 Å². The van der Waals surface area contributed by atoms with Crippen LogP contribution in [0.4, 0.5) is 0 Å². The number of benzene rings is 1. The fourth-order valence-electron chi connectivity index (χ4n) is 2.66. The number of aromatic amines is 1. The average Bonchev–Trinajstić information content (AvgIpc) is 3.35. The molecule has 0 atom stereocenters. The SMILES string of the molecule is O=c1cc(Cl)[nH]nc1Oc1c(C2CC2)cccc1C1CC1. The third kappa shape index (κ3) is 2.56. The van der Waals surface area contributed by atoms with Gasteiger partial charge in [-0.25, -0.2) is 0 Å². The number of halogens is 1. The van der Waals surface area contributed by atoms with E-state index in [1.807, 2.05) is 0 Å². The summed E-state index contributed by atoms with van der Waals surface area (Å²) in [6.45, 7) is 0. The molecular formula is C16H15ClN2O2. The Labute approximate surface area is 127 Å². The van der Waals surface area contributed by atoms with Gasteiger partial charge in [0.05, 0.1) is 0 Å². The predicted molar refractivity (Wildman–Crippen MR) is 80.3 cm³/mol. The van der Waals surface area contributed by atoms with E-state index in [1.165, 1.54) is 42.9 Å². The summed E-state index contributed by atoms with van der Waals surface area (Å²) in [5, 5.41) is 6.72. The topological polar surface area (TPSA) is 55.0 Å². The molecule has 4 nitrogen and oxygen atoms in total. The van der Waals surface area contributed by atoms with E-state index in [9.17, 15) is 4.79 Å². The molecule has 1 aromatic carbocycles. The Kier molecular flexibility index (Phi) is 3.00. The second-order valence-corrected chi connectivity index (χ2v) is 6.21. The number of nitrogens with one attached hydrogen (secondary N) is 1. The number of nitrogens with zero attached hydrogens (tertiary/aromatic N) is 1. The normalized spacial score (nSPS) is 17.8. The first-order valence-corrected chi connectivity index (χ1v) is 7.66. The molecule has 1 aromatic heterocycles. The zero-order valence-electron chi connectivity index (χ0n) is 11.4. The summed E-state index contributed by atoms with van der Waals surface area (Å²) in [5.74, 6) is 2.02. The van der Waals surface area contributed by atoms with Gasteiger partial charge in [-0.2, -0.15) is 0 Å². The lowest BCUT2D eigenvalue weighted by atomic mass is 10.0. The van der Waals surface area contributed by atoms with Crippen LogP contribution in [-0.4, -0.2) is 10.2 Å². The number of aromatic nitrogens is 2. The summed E-state index contributed by atoms with van der Waals surface area (Å²) in [5.41, 5.74) is 2.11. The Morgan fingerprint density at radius 3 is 2.29 bits per heavy atom. The molecule has 0 amide bonds. The predicted octanol–water partition coefficient (Wildman–Crippen LogP) is 3.97. The van der Waals surface area contributed by atoms with Gasteiger partial charge in [-0.05, 0) is 48.6 Å². The Bertz CT molecular complexity index is 718. The first-order valence-electron chi connectivity index (χ1n) is 7.28. The molecule has 0 aliphatic heterocycles. The number of hydrogen-bond acceptors (Lipinski definition) is 3. The molecule has 0 bridgehead atoms. The van der Waals surface area contributed by atoms with E-state index in [2.05, 4.69) is 28.4 Å². The molecule has 4 rings (SSSR count).